The molecule has 184 valence electrons. The molecule has 0 unspecified atom stereocenters. The number of nitrogens with two attached hydrogens (primary N) is 3. The standard InChI is InChI=1S/C22H25ClN8O3S/c23-18-20(25)30-19(24)17(29-18)21(34)31-22(26)27-10-2-1-3-12-4-6-13(7-5-12)14-11-28-15(35-14)8-9-16(32)33/h4-7,11H,1-3,8-10H2,(H,32,33)(H4,24,25,30)(H3,26,27,31,34). The lowest BCUT2D eigenvalue weighted by molar-refractivity contribution is -0.136. The van der Waals surface area contributed by atoms with E-state index in [4.69, 9.17) is 33.9 Å². The second-order valence-corrected chi connectivity index (χ2v) is 8.99. The van der Waals surface area contributed by atoms with Crippen LogP contribution in [0.2, 0.25) is 5.15 Å². The van der Waals surface area contributed by atoms with Crippen LogP contribution < -0.4 is 22.5 Å². The molecule has 1 aromatic carbocycles. The van der Waals surface area contributed by atoms with E-state index in [9.17, 15) is 9.59 Å². The van der Waals surface area contributed by atoms with Gasteiger partial charge in [0.2, 0.25) is 0 Å². The van der Waals surface area contributed by atoms with Gasteiger partial charge in [-0.15, -0.1) is 11.3 Å². The number of unbranched alkanes of at least 4 members (excludes halogenated alkanes) is 1. The molecule has 0 saturated carbocycles. The average molecular weight is 517 g/mol. The number of aryl methyl sites for hydroxylation is 2. The zero-order valence-corrected chi connectivity index (χ0v) is 20.3. The van der Waals surface area contributed by atoms with Crippen molar-refractivity contribution in [3.05, 3.63) is 51.9 Å². The summed E-state index contributed by atoms with van der Waals surface area (Å²) >= 11 is 7.29. The molecule has 8 N–H and O–H groups in total. The fraction of sp³-hybridized carbons (Fsp3) is 0.273. The number of hydrogen-bond acceptors (Lipinski definition) is 9. The Hall–Kier alpha value is -3.77. The zero-order chi connectivity index (χ0) is 25.4. The van der Waals surface area contributed by atoms with E-state index in [1.165, 1.54) is 16.9 Å². The Labute approximate surface area is 210 Å². The number of amides is 1. The van der Waals surface area contributed by atoms with Gasteiger partial charge in [-0.2, -0.15) is 0 Å². The van der Waals surface area contributed by atoms with Crippen LogP contribution in [0.3, 0.4) is 0 Å². The third kappa shape index (κ3) is 7.62. The monoisotopic (exact) mass is 516 g/mol. The predicted octanol–water partition coefficient (Wildman–Crippen LogP) is 2.50. The van der Waals surface area contributed by atoms with E-state index in [-0.39, 0.29) is 34.9 Å². The highest BCUT2D eigenvalue weighted by Crippen LogP contribution is 2.27. The summed E-state index contributed by atoms with van der Waals surface area (Å²) in [5, 5.41) is 11.9. The van der Waals surface area contributed by atoms with Crippen molar-refractivity contribution in [2.75, 3.05) is 18.0 Å². The number of aliphatic carboxylic acids is 1. The van der Waals surface area contributed by atoms with Crippen molar-refractivity contribution in [1.82, 2.24) is 20.3 Å². The van der Waals surface area contributed by atoms with E-state index in [0.717, 1.165) is 34.7 Å². The van der Waals surface area contributed by atoms with E-state index in [2.05, 4.69) is 37.4 Å². The number of aliphatic imine (C=N–C) groups is 1. The minimum absolute atomic E-state index is 0.0548. The summed E-state index contributed by atoms with van der Waals surface area (Å²) in [6.45, 7) is 0.438. The number of aromatic nitrogens is 3. The molecule has 0 aliphatic rings. The number of carbonyl (C=O) groups excluding carboxylic acids is 1. The quantitative estimate of drug-likeness (QED) is 0.153. The number of nitrogens with one attached hydrogen (secondary N) is 1. The molecule has 2 aromatic heterocycles. The maximum Gasteiger partial charge on any atom is 0.303 e. The number of rotatable bonds is 10. The first-order valence-corrected chi connectivity index (χ1v) is 11.9. The van der Waals surface area contributed by atoms with Gasteiger partial charge in [-0.25, -0.2) is 15.0 Å². The van der Waals surface area contributed by atoms with Crippen LogP contribution >= 0.6 is 22.9 Å². The van der Waals surface area contributed by atoms with Crippen molar-refractivity contribution >= 4 is 52.4 Å². The van der Waals surface area contributed by atoms with Crippen LogP contribution in [0.1, 0.15) is 40.3 Å². The summed E-state index contributed by atoms with van der Waals surface area (Å²) < 4.78 is 0. The molecule has 0 atom stereocenters. The SMILES string of the molecule is NC(=NCCCCc1ccc(-c2cnc(CCC(=O)O)s2)cc1)NC(=O)c1nc(Cl)c(N)nc1N. The van der Waals surface area contributed by atoms with Crippen molar-refractivity contribution in [2.24, 2.45) is 10.7 Å². The summed E-state index contributed by atoms with van der Waals surface area (Å²) in [7, 11) is 0. The van der Waals surface area contributed by atoms with Crippen LogP contribution in [0.25, 0.3) is 10.4 Å². The molecule has 11 nitrogen and oxygen atoms in total. The molecule has 0 spiro atoms. The van der Waals surface area contributed by atoms with Gasteiger partial charge in [-0.1, -0.05) is 35.9 Å². The molecule has 13 heteroatoms. The number of carbonyl (C=O) groups is 2. The van der Waals surface area contributed by atoms with Gasteiger partial charge in [0.15, 0.2) is 28.4 Å². The molecule has 0 fully saturated rings. The lowest BCUT2D eigenvalue weighted by Gasteiger charge is -2.07. The van der Waals surface area contributed by atoms with Crippen molar-refractivity contribution < 1.29 is 14.7 Å². The van der Waals surface area contributed by atoms with Crippen molar-refractivity contribution in [3.8, 4) is 10.4 Å². The Morgan fingerprint density at radius 3 is 2.54 bits per heavy atom. The first-order chi connectivity index (χ1) is 16.7. The molecule has 2 heterocycles. The second kappa shape index (κ2) is 12.1. The minimum Gasteiger partial charge on any atom is -0.481 e. The van der Waals surface area contributed by atoms with Crippen molar-refractivity contribution in [3.63, 3.8) is 0 Å². The first kappa shape index (κ1) is 25.8. The summed E-state index contributed by atoms with van der Waals surface area (Å²) in [5.74, 6) is -1.78. The number of hydrogen-bond donors (Lipinski definition) is 5. The van der Waals surface area contributed by atoms with E-state index in [0.29, 0.717) is 13.0 Å². The number of nitrogens with zero attached hydrogens (tertiary/aromatic N) is 4. The molecule has 3 aromatic rings. The van der Waals surface area contributed by atoms with Crippen LogP contribution in [-0.2, 0) is 17.6 Å². The number of carboxylic acid groups (broad SMARTS) is 1. The maximum atomic E-state index is 12.2. The minimum atomic E-state index is -0.826. The highest BCUT2D eigenvalue weighted by molar-refractivity contribution is 7.15. The molecule has 0 aliphatic heterocycles. The fourth-order valence-electron chi connectivity index (χ4n) is 3.07. The van der Waals surface area contributed by atoms with Crippen LogP contribution in [0.15, 0.2) is 35.5 Å². The van der Waals surface area contributed by atoms with E-state index in [1.54, 1.807) is 6.20 Å². The lowest BCUT2D eigenvalue weighted by Crippen LogP contribution is -2.38. The van der Waals surface area contributed by atoms with Gasteiger partial charge in [0.1, 0.15) is 0 Å². The summed E-state index contributed by atoms with van der Waals surface area (Å²) in [5.41, 5.74) is 19.0. The molecule has 0 bridgehead atoms. The number of thiazole rings is 1. The van der Waals surface area contributed by atoms with E-state index < -0.39 is 11.9 Å². The van der Waals surface area contributed by atoms with Gasteiger partial charge in [0.25, 0.3) is 5.91 Å². The van der Waals surface area contributed by atoms with E-state index in [1.807, 2.05) is 12.1 Å². The highest BCUT2D eigenvalue weighted by atomic mass is 35.5. The first-order valence-electron chi connectivity index (χ1n) is 10.7. The normalized spacial score (nSPS) is 11.4. The molecular weight excluding hydrogens is 492 g/mol. The Morgan fingerprint density at radius 1 is 1.09 bits per heavy atom. The molecule has 1 amide bonds. The van der Waals surface area contributed by atoms with Gasteiger partial charge in [-0.05, 0) is 30.4 Å². The lowest BCUT2D eigenvalue weighted by atomic mass is 10.1. The fourth-order valence-corrected chi connectivity index (χ4v) is 4.12. The average Bonchev–Trinajstić information content (AvgIpc) is 3.29. The number of carboxylic acids is 1. The molecule has 0 radical (unpaired) electrons. The zero-order valence-electron chi connectivity index (χ0n) is 18.7. The van der Waals surface area contributed by atoms with Gasteiger partial charge >= 0.3 is 5.97 Å². The summed E-state index contributed by atoms with van der Waals surface area (Å²) in [6, 6.07) is 8.20. The molecule has 0 aliphatic carbocycles. The summed E-state index contributed by atoms with van der Waals surface area (Å²) in [4.78, 5) is 40.0. The number of anilines is 2. The highest BCUT2D eigenvalue weighted by Gasteiger charge is 2.16. The molecule has 35 heavy (non-hydrogen) atoms. The van der Waals surface area contributed by atoms with Crippen LogP contribution in [-0.4, -0.2) is 44.4 Å². The number of guanidine groups is 1. The Bertz CT molecular complexity index is 1230. The molecule has 0 saturated heterocycles. The van der Waals surface area contributed by atoms with E-state index >= 15 is 0 Å². The van der Waals surface area contributed by atoms with Gasteiger partial charge < -0.3 is 22.3 Å². The second-order valence-electron chi connectivity index (χ2n) is 7.52. The molecular formula is C22H25ClN8O3S. The van der Waals surface area contributed by atoms with Gasteiger partial charge in [0, 0.05) is 19.2 Å². The van der Waals surface area contributed by atoms with Gasteiger partial charge in [-0.3, -0.25) is 19.9 Å². The number of halogens is 1. The van der Waals surface area contributed by atoms with Crippen LogP contribution in [0.5, 0.6) is 0 Å². The van der Waals surface area contributed by atoms with Crippen molar-refractivity contribution in [2.45, 2.75) is 32.1 Å². The Balaban J connectivity index is 1.42. The predicted molar refractivity (Wildman–Crippen MR) is 136 cm³/mol. The number of nitrogen functional groups attached to an aromatic ring is 2. The Kier molecular flexibility index (Phi) is 8.92. The largest absolute Gasteiger partial charge is 0.481 e. The third-order valence-electron chi connectivity index (χ3n) is 4.86. The molecule has 3 rings (SSSR count). The maximum absolute atomic E-state index is 12.2. The van der Waals surface area contributed by atoms with Gasteiger partial charge in [0.05, 0.1) is 16.3 Å². The van der Waals surface area contributed by atoms with Crippen LogP contribution in [0.4, 0.5) is 11.6 Å². The smallest absolute Gasteiger partial charge is 0.303 e. The summed E-state index contributed by atoms with van der Waals surface area (Å²) in [6.07, 6.45) is 4.82. The number of benzene rings is 1. The van der Waals surface area contributed by atoms with Crippen LogP contribution in [0, 0.1) is 0 Å². The van der Waals surface area contributed by atoms with Crippen molar-refractivity contribution in [1.29, 1.82) is 0 Å². The Morgan fingerprint density at radius 2 is 1.83 bits per heavy atom. The topological polar surface area (TPSA) is 195 Å². The third-order valence-corrected chi connectivity index (χ3v) is 6.25.